The summed E-state index contributed by atoms with van der Waals surface area (Å²) in [4.78, 5) is 26.7. The van der Waals surface area contributed by atoms with Crippen molar-refractivity contribution >= 4 is 45.7 Å². The van der Waals surface area contributed by atoms with E-state index in [9.17, 15) is 9.59 Å². The maximum atomic E-state index is 13.2. The van der Waals surface area contributed by atoms with Crippen molar-refractivity contribution in [1.82, 2.24) is 24.5 Å². The van der Waals surface area contributed by atoms with E-state index in [4.69, 9.17) is 0 Å². The Bertz CT molecular complexity index is 1440. The van der Waals surface area contributed by atoms with Crippen LogP contribution in [0.25, 0.3) is 16.7 Å². The van der Waals surface area contributed by atoms with E-state index in [0.29, 0.717) is 29.4 Å². The number of hydrogen-bond donors (Lipinski definition) is 1. The Morgan fingerprint density at radius 1 is 1.00 bits per heavy atom. The summed E-state index contributed by atoms with van der Waals surface area (Å²) in [6.45, 7) is 0.898. The molecule has 7 nitrogen and oxygen atoms in total. The van der Waals surface area contributed by atoms with Crippen molar-refractivity contribution in [3.63, 3.8) is 0 Å². The molecule has 5 aromatic rings. The second-order valence-corrected chi connectivity index (χ2v) is 9.13. The molecule has 1 amide bonds. The van der Waals surface area contributed by atoms with Crippen molar-refractivity contribution in [3.05, 3.63) is 92.9 Å². The van der Waals surface area contributed by atoms with Crippen LogP contribution in [0.2, 0.25) is 0 Å². The molecule has 0 fully saturated rings. The van der Waals surface area contributed by atoms with Gasteiger partial charge in [0.05, 0.1) is 29.7 Å². The number of thioether (sulfide) groups is 1. The molecule has 0 unspecified atom stereocenters. The molecule has 0 aliphatic heterocycles. The van der Waals surface area contributed by atoms with Gasteiger partial charge < -0.3 is 5.32 Å². The predicted molar refractivity (Wildman–Crippen MR) is 127 cm³/mol. The first-order valence-corrected chi connectivity index (χ1v) is 11.9. The number of carbonyl (C=O) groups is 1. The molecule has 32 heavy (non-hydrogen) atoms. The fourth-order valence-corrected chi connectivity index (χ4v) is 4.93. The SMILES string of the molecule is O=C(CSc1nnc2n(Cc3ccccc3)c(=O)c3ccccc3n12)NCc1cccs1. The Morgan fingerprint density at radius 2 is 1.81 bits per heavy atom. The van der Waals surface area contributed by atoms with Crippen LogP contribution in [-0.4, -0.2) is 30.8 Å². The van der Waals surface area contributed by atoms with Gasteiger partial charge in [-0.1, -0.05) is 60.3 Å². The number of hydrogen-bond acceptors (Lipinski definition) is 6. The van der Waals surface area contributed by atoms with E-state index >= 15 is 0 Å². The Morgan fingerprint density at radius 3 is 2.62 bits per heavy atom. The number of rotatable bonds is 7. The maximum Gasteiger partial charge on any atom is 0.263 e. The summed E-state index contributed by atoms with van der Waals surface area (Å²) >= 11 is 2.91. The molecule has 5 rings (SSSR count). The number of nitrogens with one attached hydrogen (secondary N) is 1. The van der Waals surface area contributed by atoms with Crippen molar-refractivity contribution in [2.24, 2.45) is 0 Å². The molecular weight excluding hydrogens is 442 g/mol. The molecule has 0 saturated heterocycles. The second kappa shape index (κ2) is 8.97. The van der Waals surface area contributed by atoms with Crippen LogP contribution in [0.3, 0.4) is 0 Å². The number of amides is 1. The molecule has 0 radical (unpaired) electrons. The third kappa shape index (κ3) is 4.04. The molecule has 0 atom stereocenters. The van der Waals surface area contributed by atoms with Crippen LogP contribution in [0, 0.1) is 0 Å². The van der Waals surface area contributed by atoms with Crippen LogP contribution < -0.4 is 10.9 Å². The molecule has 0 aliphatic rings. The zero-order chi connectivity index (χ0) is 21.9. The number of fused-ring (bicyclic) bond motifs is 3. The summed E-state index contributed by atoms with van der Waals surface area (Å²) in [6.07, 6.45) is 0. The van der Waals surface area contributed by atoms with Gasteiger partial charge in [-0.25, -0.2) is 0 Å². The molecule has 3 aromatic heterocycles. The normalized spacial score (nSPS) is 11.2. The van der Waals surface area contributed by atoms with Crippen LogP contribution in [0.15, 0.2) is 82.1 Å². The van der Waals surface area contributed by atoms with Gasteiger partial charge in [-0.2, -0.15) is 0 Å². The minimum atomic E-state index is -0.116. The van der Waals surface area contributed by atoms with Crippen LogP contribution in [-0.2, 0) is 17.9 Å². The van der Waals surface area contributed by atoms with Crippen molar-refractivity contribution in [2.75, 3.05) is 5.75 Å². The summed E-state index contributed by atoms with van der Waals surface area (Å²) in [5.41, 5.74) is 1.61. The summed E-state index contributed by atoms with van der Waals surface area (Å²) in [5.74, 6) is 0.583. The van der Waals surface area contributed by atoms with Gasteiger partial charge in [-0.3, -0.25) is 18.6 Å². The number of benzene rings is 2. The monoisotopic (exact) mass is 461 g/mol. The van der Waals surface area contributed by atoms with E-state index in [1.165, 1.54) is 11.8 Å². The minimum Gasteiger partial charge on any atom is -0.350 e. The molecule has 2 aromatic carbocycles. The average Bonchev–Trinajstić information content (AvgIpc) is 3.50. The van der Waals surface area contributed by atoms with Gasteiger partial charge in [0.15, 0.2) is 5.16 Å². The van der Waals surface area contributed by atoms with Gasteiger partial charge in [0.2, 0.25) is 11.7 Å². The summed E-state index contributed by atoms with van der Waals surface area (Å²) in [6, 6.07) is 21.1. The molecule has 0 saturated carbocycles. The number of para-hydroxylation sites is 1. The summed E-state index contributed by atoms with van der Waals surface area (Å²) in [5, 5.41) is 14.7. The van der Waals surface area contributed by atoms with Crippen LogP contribution >= 0.6 is 23.1 Å². The van der Waals surface area contributed by atoms with Crippen molar-refractivity contribution in [2.45, 2.75) is 18.2 Å². The van der Waals surface area contributed by atoms with Crippen molar-refractivity contribution in [1.29, 1.82) is 0 Å². The molecule has 160 valence electrons. The van der Waals surface area contributed by atoms with Gasteiger partial charge >= 0.3 is 0 Å². The lowest BCUT2D eigenvalue weighted by Gasteiger charge is -2.11. The van der Waals surface area contributed by atoms with Crippen molar-refractivity contribution < 1.29 is 4.79 Å². The van der Waals surface area contributed by atoms with Gasteiger partial charge in [-0.15, -0.1) is 21.5 Å². The Balaban J connectivity index is 1.48. The highest BCUT2D eigenvalue weighted by atomic mass is 32.2. The Kier molecular flexibility index (Phi) is 5.74. The van der Waals surface area contributed by atoms with Gasteiger partial charge in [0.25, 0.3) is 5.56 Å². The number of aromatic nitrogens is 4. The number of carbonyl (C=O) groups excluding carboxylic acids is 1. The predicted octanol–water partition coefficient (Wildman–Crippen LogP) is 3.56. The first-order valence-electron chi connectivity index (χ1n) is 10.0. The fourth-order valence-electron chi connectivity index (χ4n) is 3.52. The molecule has 0 bridgehead atoms. The quantitative estimate of drug-likeness (QED) is 0.375. The standard InChI is InChI=1S/C23H19N5O2S2/c29-20(24-13-17-9-6-12-31-17)15-32-23-26-25-22-27(14-16-7-2-1-3-8-16)21(30)18-10-4-5-11-19(18)28(22)23/h1-12H,13-15H2,(H,24,29). The van der Waals surface area contributed by atoms with E-state index in [1.54, 1.807) is 22.0 Å². The molecule has 3 heterocycles. The number of nitrogens with zero attached hydrogens (tertiary/aromatic N) is 4. The third-order valence-electron chi connectivity index (χ3n) is 5.03. The Hall–Kier alpha value is -3.43. The van der Waals surface area contributed by atoms with Crippen LogP contribution in [0.1, 0.15) is 10.4 Å². The van der Waals surface area contributed by atoms with Gasteiger partial charge in [-0.05, 0) is 29.1 Å². The van der Waals surface area contributed by atoms with Gasteiger partial charge in [0.1, 0.15) is 0 Å². The molecule has 0 spiro atoms. The van der Waals surface area contributed by atoms with Crippen LogP contribution in [0.5, 0.6) is 0 Å². The van der Waals surface area contributed by atoms with Gasteiger partial charge in [0, 0.05) is 4.88 Å². The molecule has 0 aliphatic carbocycles. The highest BCUT2D eigenvalue weighted by Gasteiger charge is 2.17. The molecule has 9 heteroatoms. The van der Waals surface area contributed by atoms with E-state index in [0.717, 1.165) is 16.0 Å². The van der Waals surface area contributed by atoms with Crippen LogP contribution in [0.4, 0.5) is 0 Å². The summed E-state index contributed by atoms with van der Waals surface area (Å²) in [7, 11) is 0. The molecule has 1 N–H and O–H groups in total. The zero-order valence-electron chi connectivity index (χ0n) is 17.0. The lowest BCUT2D eigenvalue weighted by atomic mass is 10.2. The first kappa shape index (κ1) is 20.5. The van der Waals surface area contributed by atoms with Crippen molar-refractivity contribution in [3.8, 4) is 0 Å². The number of thiophene rings is 1. The highest BCUT2D eigenvalue weighted by Crippen LogP contribution is 2.22. The lowest BCUT2D eigenvalue weighted by Crippen LogP contribution is -2.25. The first-order chi connectivity index (χ1) is 15.7. The topological polar surface area (TPSA) is 81.3 Å². The second-order valence-electron chi connectivity index (χ2n) is 7.16. The van der Waals surface area contributed by atoms with E-state index in [-0.39, 0.29) is 17.2 Å². The smallest absolute Gasteiger partial charge is 0.263 e. The largest absolute Gasteiger partial charge is 0.350 e. The van der Waals surface area contributed by atoms with E-state index < -0.39 is 0 Å². The van der Waals surface area contributed by atoms with E-state index in [2.05, 4.69) is 15.5 Å². The zero-order valence-corrected chi connectivity index (χ0v) is 18.6. The fraction of sp³-hybridized carbons (Fsp3) is 0.130. The summed E-state index contributed by atoms with van der Waals surface area (Å²) < 4.78 is 3.49. The van der Waals surface area contributed by atoms with E-state index in [1.807, 2.05) is 70.4 Å². The highest BCUT2D eigenvalue weighted by molar-refractivity contribution is 7.99. The minimum absolute atomic E-state index is 0.0814. The lowest BCUT2D eigenvalue weighted by molar-refractivity contribution is -0.118. The maximum absolute atomic E-state index is 13.2. The molecular formula is C23H19N5O2S2. The average molecular weight is 462 g/mol. The third-order valence-corrected chi connectivity index (χ3v) is 6.84. The Labute approximate surface area is 191 Å².